The maximum atomic E-state index is 2.35. The summed E-state index contributed by atoms with van der Waals surface area (Å²) in [5.74, 6) is 0.800. The zero-order valence-corrected chi connectivity index (χ0v) is 9.06. The van der Waals surface area contributed by atoms with Gasteiger partial charge in [-0.1, -0.05) is 32.9 Å². The third-order valence-corrected chi connectivity index (χ3v) is 2.87. The highest BCUT2D eigenvalue weighted by Gasteiger charge is 1.94. The summed E-state index contributed by atoms with van der Waals surface area (Å²) in [6, 6.07) is 0. The Labute approximate surface area is 73.2 Å². The van der Waals surface area contributed by atoms with Crippen molar-refractivity contribution in [3.8, 4) is 0 Å². The molecule has 0 rings (SSSR count). The van der Waals surface area contributed by atoms with Crippen molar-refractivity contribution in [3.63, 3.8) is 0 Å². The molecule has 66 valence electrons. The third kappa shape index (κ3) is 8.07. The predicted octanol–water partition coefficient (Wildman–Crippen LogP) is 3.68. The molecule has 0 saturated heterocycles. The van der Waals surface area contributed by atoms with Crippen molar-refractivity contribution >= 4 is 8.58 Å². The monoisotopic (exact) mass is 172 g/mol. The van der Waals surface area contributed by atoms with Gasteiger partial charge in [0.2, 0.25) is 0 Å². The van der Waals surface area contributed by atoms with Gasteiger partial charge in [0.05, 0.1) is 0 Å². The molecule has 0 aliphatic heterocycles. The molecule has 0 aromatic heterocycles. The van der Waals surface area contributed by atoms with E-state index in [1.54, 1.807) is 0 Å². The molecule has 11 heavy (non-hydrogen) atoms. The topological polar surface area (TPSA) is 0 Å². The van der Waals surface area contributed by atoms with E-state index in [0.717, 1.165) is 5.92 Å². The van der Waals surface area contributed by atoms with E-state index in [-0.39, 0.29) is 0 Å². The van der Waals surface area contributed by atoms with Crippen molar-refractivity contribution in [3.05, 3.63) is 12.2 Å². The van der Waals surface area contributed by atoms with Crippen LogP contribution in [0.1, 0.15) is 33.6 Å². The molecular weight excluding hydrogens is 151 g/mol. The van der Waals surface area contributed by atoms with Crippen molar-refractivity contribution in [1.29, 1.82) is 0 Å². The van der Waals surface area contributed by atoms with Crippen LogP contribution < -0.4 is 0 Å². The Bertz CT molecular complexity index is 97.0. The number of hydrogen-bond acceptors (Lipinski definition) is 0. The van der Waals surface area contributed by atoms with Crippen molar-refractivity contribution in [2.75, 3.05) is 12.3 Å². The molecule has 0 nitrogen and oxygen atoms in total. The molecule has 0 radical (unpaired) electrons. The van der Waals surface area contributed by atoms with E-state index in [1.165, 1.54) is 33.7 Å². The van der Waals surface area contributed by atoms with Gasteiger partial charge < -0.3 is 0 Å². The van der Waals surface area contributed by atoms with Crippen LogP contribution in [0.15, 0.2) is 12.2 Å². The Morgan fingerprint density at radius 3 is 2.64 bits per heavy atom. The molecule has 0 bridgehead atoms. The predicted molar refractivity (Wildman–Crippen MR) is 56.9 cm³/mol. The lowest BCUT2D eigenvalue weighted by molar-refractivity contribution is 0.701. The molecule has 1 heteroatoms. The van der Waals surface area contributed by atoms with Crippen LogP contribution in [-0.2, 0) is 0 Å². The minimum Gasteiger partial charge on any atom is -0.122 e. The maximum absolute atomic E-state index is 2.35. The fraction of sp³-hybridized carbons (Fsp3) is 0.800. The zero-order chi connectivity index (χ0) is 8.53. The van der Waals surface area contributed by atoms with Gasteiger partial charge in [-0.3, -0.25) is 0 Å². The second-order valence-electron chi connectivity index (χ2n) is 2.96. The number of allylic oxidation sites excluding steroid dienone is 2. The van der Waals surface area contributed by atoms with E-state index < -0.39 is 0 Å². The molecule has 0 spiro atoms. The maximum Gasteiger partial charge on any atom is -0.0259 e. The molecule has 0 aliphatic carbocycles. The van der Waals surface area contributed by atoms with E-state index in [4.69, 9.17) is 0 Å². The number of hydrogen-bond donors (Lipinski definition) is 0. The minimum absolute atomic E-state index is 0.800. The van der Waals surface area contributed by atoms with Gasteiger partial charge in [0.15, 0.2) is 0 Å². The summed E-state index contributed by atoms with van der Waals surface area (Å²) in [7, 11) is 1.18. The molecule has 0 aromatic rings. The van der Waals surface area contributed by atoms with Gasteiger partial charge in [-0.15, -0.1) is 8.58 Å². The molecule has 0 N–H and O–H groups in total. The molecule has 2 unspecified atom stereocenters. The normalized spacial score (nSPS) is 15.2. The first-order valence-electron chi connectivity index (χ1n) is 4.68. The Morgan fingerprint density at radius 1 is 1.36 bits per heavy atom. The molecule has 0 amide bonds. The molecule has 0 fully saturated rings. The molecule has 0 aromatic carbocycles. The minimum atomic E-state index is 0.800. The smallest absolute Gasteiger partial charge is 0.0259 e. The summed E-state index contributed by atoms with van der Waals surface area (Å²) >= 11 is 0. The van der Waals surface area contributed by atoms with Crippen LogP contribution in [-0.4, -0.2) is 12.3 Å². The lowest BCUT2D eigenvalue weighted by Crippen LogP contribution is -1.90. The fourth-order valence-electron chi connectivity index (χ4n) is 0.971. The second kappa shape index (κ2) is 8.27. The van der Waals surface area contributed by atoms with Crippen molar-refractivity contribution in [2.45, 2.75) is 33.6 Å². The van der Waals surface area contributed by atoms with Crippen LogP contribution in [0.2, 0.25) is 0 Å². The summed E-state index contributed by atoms with van der Waals surface area (Å²) in [5, 5.41) is 0. The Hall–Kier alpha value is 0.170. The van der Waals surface area contributed by atoms with Crippen molar-refractivity contribution in [2.24, 2.45) is 5.92 Å². The van der Waals surface area contributed by atoms with Crippen LogP contribution in [0.25, 0.3) is 0 Å². The molecule has 0 saturated carbocycles. The molecule has 0 heterocycles. The highest BCUT2D eigenvalue weighted by atomic mass is 31.1. The summed E-state index contributed by atoms with van der Waals surface area (Å²) < 4.78 is 0. The largest absolute Gasteiger partial charge is 0.122 e. The summed E-state index contributed by atoms with van der Waals surface area (Å²) in [4.78, 5) is 0. The first-order chi connectivity index (χ1) is 5.31. The van der Waals surface area contributed by atoms with Gasteiger partial charge in [-0.25, -0.2) is 0 Å². The van der Waals surface area contributed by atoms with Gasteiger partial charge in [-0.2, -0.15) is 0 Å². The van der Waals surface area contributed by atoms with E-state index >= 15 is 0 Å². The first kappa shape index (κ1) is 11.2. The Morgan fingerprint density at radius 2 is 2.09 bits per heavy atom. The summed E-state index contributed by atoms with van der Waals surface area (Å²) in [5.41, 5.74) is 0. The average Bonchev–Trinajstić information content (AvgIpc) is 2.01. The summed E-state index contributed by atoms with van der Waals surface area (Å²) in [6.07, 6.45) is 9.97. The van der Waals surface area contributed by atoms with Crippen LogP contribution in [0.4, 0.5) is 0 Å². The van der Waals surface area contributed by atoms with E-state index in [1.807, 2.05) is 0 Å². The Kier molecular flexibility index (Phi) is 8.40. The van der Waals surface area contributed by atoms with Crippen molar-refractivity contribution in [1.82, 2.24) is 0 Å². The highest BCUT2D eigenvalue weighted by molar-refractivity contribution is 7.37. The molecular formula is C10H21P. The standard InChI is InChI=1S/C10H21P/c1-4-6-7-10(3)8-9-11-5-2/h6-7,10-11H,4-5,8-9H2,1-3H3. The lowest BCUT2D eigenvalue weighted by Gasteiger charge is -2.04. The van der Waals surface area contributed by atoms with Crippen LogP contribution in [0.5, 0.6) is 0 Å². The average molecular weight is 172 g/mol. The van der Waals surface area contributed by atoms with E-state index in [2.05, 4.69) is 32.9 Å². The fourth-order valence-corrected chi connectivity index (χ4v) is 1.98. The van der Waals surface area contributed by atoms with Gasteiger partial charge in [0.1, 0.15) is 0 Å². The molecule has 2 atom stereocenters. The van der Waals surface area contributed by atoms with E-state index in [0.29, 0.717) is 0 Å². The van der Waals surface area contributed by atoms with Gasteiger partial charge in [0.25, 0.3) is 0 Å². The van der Waals surface area contributed by atoms with Crippen LogP contribution in [0.3, 0.4) is 0 Å². The van der Waals surface area contributed by atoms with Gasteiger partial charge >= 0.3 is 0 Å². The van der Waals surface area contributed by atoms with E-state index in [9.17, 15) is 0 Å². The lowest BCUT2D eigenvalue weighted by atomic mass is 10.1. The van der Waals surface area contributed by atoms with Gasteiger partial charge in [-0.05, 0) is 31.1 Å². The first-order valence-corrected chi connectivity index (χ1v) is 6.10. The van der Waals surface area contributed by atoms with Gasteiger partial charge in [0, 0.05) is 0 Å². The van der Waals surface area contributed by atoms with Crippen molar-refractivity contribution < 1.29 is 0 Å². The highest BCUT2D eigenvalue weighted by Crippen LogP contribution is 2.15. The SMILES string of the molecule is CCC=CC(C)CCPCC. The third-order valence-electron chi connectivity index (χ3n) is 1.73. The Balaban J connectivity index is 3.21. The molecule has 0 aliphatic rings. The second-order valence-corrected chi connectivity index (χ2v) is 4.66. The number of rotatable bonds is 6. The summed E-state index contributed by atoms with van der Waals surface area (Å²) in [6.45, 7) is 6.77. The van der Waals surface area contributed by atoms with Crippen LogP contribution in [0, 0.1) is 5.92 Å². The zero-order valence-electron chi connectivity index (χ0n) is 8.06. The van der Waals surface area contributed by atoms with Crippen LogP contribution >= 0.6 is 8.58 Å². The quantitative estimate of drug-likeness (QED) is 0.326.